The van der Waals surface area contributed by atoms with Crippen molar-refractivity contribution in [3.63, 3.8) is 0 Å². The number of carbonyl (C=O) groups is 2. The van der Waals surface area contributed by atoms with Crippen molar-refractivity contribution in [3.8, 4) is 5.75 Å². The van der Waals surface area contributed by atoms with Gasteiger partial charge in [0.25, 0.3) is 0 Å². The molecule has 0 N–H and O–H groups in total. The highest BCUT2D eigenvalue weighted by molar-refractivity contribution is 5.99. The Labute approximate surface area is 149 Å². The summed E-state index contributed by atoms with van der Waals surface area (Å²) < 4.78 is 35.0. The number of aromatic nitrogens is 2. The second-order valence-electron chi connectivity index (χ2n) is 5.48. The van der Waals surface area contributed by atoms with E-state index in [0.29, 0.717) is 0 Å². The van der Waals surface area contributed by atoms with E-state index in [4.69, 9.17) is 4.74 Å². The number of halogens is 2. The molecule has 0 aliphatic heterocycles. The van der Waals surface area contributed by atoms with Crippen LogP contribution in [-0.4, -0.2) is 34.8 Å². The molecule has 0 atom stereocenters. The molecule has 2 aromatic rings. The van der Waals surface area contributed by atoms with Crippen LogP contribution in [0.25, 0.3) is 6.08 Å². The number of benzene rings is 1. The van der Waals surface area contributed by atoms with Crippen LogP contribution in [0.2, 0.25) is 0 Å². The number of Topliss-reactive ketones (excluding diaryl/α,β-unsaturated/α-hetero) is 1. The molecule has 138 valence electrons. The van der Waals surface area contributed by atoms with E-state index in [1.54, 1.807) is 17.8 Å². The summed E-state index contributed by atoms with van der Waals surface area (Å²) in [6.07, 6.45) is 2.81. The fourth-order valence-electron chi connectivity index (χ4n) is 2.27. The topological polar surface area (TPSA) is 70.4 Å². The van der Waals surface area contributed by atoms with Crippen molar-refractivity contribution in [2.75, 3.05) is 6.61 Å². The summed E-state index contributed by atoms with van der Waals surface area (Å²) in [6, 6.07) is 5.14. The van der Waals surface area contributed by atoms with Gasteiger partial charge in [-0.25, -0.2) is 4.79 Å². The molecule has 0 unspecified atom stereocenters. The zero-order valence-electron chi connectivity index (χ0n) is 14.5. The molecule has 2 rings (SSSR count). The number of ketones is 1. The van der Waals surface area contributed by atoms with Crippen LogP contribution in [-0.2, 0) is 16.6 Å². The Morgan fingerprint density at radius 2 is 1.88 bits per heavy atom. The van der Waals surface area contributed by atoms with Crippen molar-refractivity contribution in [3.05, 3.63) is 52.9 Å². The maximum Gasteiger partial charge on any atom is 0.387 e. The fraction of sp³-hybridized carbons (Fsp3) is 0.278. The highest BCUT2D eigenvalue weighted by Gasteiger charge is 2.11. The van der Waals surface area contributed by atoms with Gasteiger partial charge in [0.1, 0.15) is 5.75 Å². The van der Waals surface area contributed by atoms with Crippen molar-refractivity contribution < 1.29 is 27.8 Å². The second-order valence-corrected chi connectivity index (χ2v) is 5.48. The summed E-state index contributed by atoms with van der Waals surface area (Å²) in [5.41, 5.74) is 2.71. The van der Waals surface area contributed by atoms with Gasteiger partial charge in [0, 0.05) is 29.9 Å². The van der Waals surface area contributed by atoms with Crippen molar-refractivity contribution >= 4 is 17.8 Å². The van der Waals surface area contributed by atoms with Crippen LogP contribution in [0.3, 0.4) is 0 Å². The normalized spacial score (nSPS) is 11.2. The Bertz CT molecular complexity index is 826. The molecular formula is C18H18F2N2O4. The molecule has 6 nitrogen and oxygen atoms in total. The molecule has 1 aromatic carbocycles. The van der Waals surface area contributed by atoms with Crippen LogP contribution in [0.4, 0.5) is 8.78 Å². The number of esters is 1. The summed E-state index contributed by atoms with van der Waals surface area (Å²) in [7, 11) is 1.80. The van der Waals surface area contributed by atoms with Gasteiger partial charge in [-0.05, 0) is 44.2 Å². The van der Waals surface area contributed by atoms with Gasteiger partial charge in [0.05, 0.1) is 5.69 Å². The van der Waals surface area contributed by atoms with E-state index in [2.05, 4.69) is 9.84 Å². The van der Waals surface area contributed by atoms with Crippen LogP contribution in [0, 0.1) is 13.8 Å². The average Bonchev–Trinajstić information content (AvgIpc) is 2.83. The molecule has 1 heterocycles. The van der Waals surface area contributed by atoms with E-state index in [-0.39, 0.29) is 11.3 Å². The minimum atomic E-state index is -2.93. The molecular weight excluding hydrogens is 346 g/mol. The summed E-state index contributed by atoms with van der Waals surface area (Å²) >= 11 is 0. The van der Waals surface area contributed by atoms with Gasteiger partial charge >= 0.3 is 12.6 Å². The molecule has 0 aliphatic rings. The minimum absolute atomic E-state index is 0.0568. The van der Waals surface area contributed by atoms with Gasteiger partial charge in [-0.2, -0.15) is 13.9 Å². The minimum Gasteiger partial charge on any atom is -0.454 e. The standard InChI is InChI=1S/C18H18F2N2O4/c1-11-15(12(2)22(3)21-11)8-9-17(24)25-10-16(23)13-4-6-14(7-5-13)26-18(19)20/h4-9,18H,10H2,1-3H3/b9-8+. The van der Waals surface area contributed by atoms with Crippen molar-refractivity contribution in [2.45, 2.75) is 20.5 Å². The molecule has 26 heavy (non-hydrogen) atoms. The molecule has 0 bridgehead atoms. The summed E-state index contributed by atoms with van der Waals surface area (Å²) in [4.78, 5) is 23.7. The van der Waals surface area contributed by atoms with E-state index in [1.165, 1.54) is 30.3 Å². The van der Waals surface area contributed by atoms with E-state index in [9.17, 15) is 18.4 Å². The number of hydrogen-bond acceptors (Lipinski definition) is 5. The quantitative estimate of drug-likeness (QED) is 0.429. The number of alkyl halides is 2. The first-order valence-electron chi connectivity index (χ1n) is 7.71. The number of rotatable bonds is 7. The predicted molar refractivity (Wildman–Crippen MR) is 90.1 cm³/mol. The van der Waals surface area contributed by atoms with Crippen LogP contribution in [0.15, 0.2) is 30.3 Å². The van der Waals surface area contributed by atoms with Crippen molar-refractivity contribution in [1.82, 2.24) is 9.78 Å². The molecule has 8 heteroatoms. The lowest BCUT2D eigenvalue weighted by atomic mass is 10.1. The monoisotopic (exact) mass is 364 g/mol. The first-order valence-corrected chi connectivity index (χ1v) is 7.71. The number of carbonyl (C=O) groups excluding carboxylic acids is 2. The van der Waals surface area contributed by atoms with Crippen LogP contribution in [0.1, 0.15) is 27.3 Å². The van der Waals surface area contributed by atoms with Crippen LogP contribution < -0.4 is 4.74 Å². The van der Waals surface area contributed by atoms with Gasteiger partial charge in [-0.1, -0.05) is 0 Å². The third kappa shape index (κ3) is 4.98. The van der Waals surface area contributed by atoms with E-state index in [1.807, 2.05) is 13.8 Å². The lowest BCUT2D eigenvalue weighted by molar-refractivity contribution is -0.136. The lowest BCUT2D eigenvalue weighted by Crippen LogP contribution is -2.12. The van der Waals surface area contributed by atoms with E-state index >= 15 is 0 Å². The highest BCUT2D eigenvalue weighted by atomic mass is 19.3. The smallest absolute Gasteiger partial charge is 0.387 e. The number of ether oxygens (including phenoxy) is 2. The molecule has 0 fully saturated rings. The molecule has 0 aliphatic carbocycles. The van der Waals surface area contributed by atoms with Crippen LogP contribution in [0.5, 0.6) is 5.75 Å². The third-order valence-corrected chi connectivity index (χ3v) is 3.70. The van der Waals surface area contributed by atoms with Gasteiger partial charge in [-0.3, -0.25) is 9.48 Å². The Hall–Kier alpha value is -3.03. The Balaban J connectivity index is 1.90. The zero-order chi connectivity index (χ0) is 19.3. The first-order chi connectivity index (χ1) is 12.3. The summed E-state index contributed by atoms with van der Waals surface area (Å²) in [5, 5.41) is 4.23. The van der Waals surface area contributed by atoms with Crippen molar-refractivity contribution in [1.29, 1.82) is 0 Å². The number of aryl methyl sites for hydroxylation is 2. The largest absolute Gasteiger partial charge is 0.454 e. The van der Waals surface area contributed by atoms with Gasteiger partial charge in [0.2, 0.25) is 0 Å². The zero-order valence-corrected chi connectivity index (χ0v) is 14.5. The van der Waals surface area contributed by atoms with Gasteiger partial charge in [0.15, 0.2) is 12.4 Å². The molecule has 0 saturated carbocycles. The predicted octanol–water partition coefficient (Wildman–Crippen LogP) is 3.08. The molecule has 0 spiro atoms. The van der Waals surface area contributed by atoms with Gasteiger partial charge < -0.3 is 9.47 Å². The fourth-order valence-corrected chi connectivity index (χ4v) is 2.27. The Morgan fingerprint density at radius 3 is 2.42 bits per heavy atom. The van der Waals surface area contributed by atoms with Gasteiger partial charge in [-0.15, -0.1) is 0 Å². The summed E-state index contributed by atoms with van der Waals surface area (Å²) in [5.74, 6) is -1.18. The average molecular weight is 364 g/mol. The molecule has 0 radical (unpaired) electrons. The second kappa shape index (κ2) is 8.37. The lowest BCUT2D eigenvalue weighted by Gasteiger charge is -2.05. The van der Waals surface area contributed by atoms with Crippen molar-refractivity contribution in [2.24, 2.45) is 7.05 Å². The highest BCUT2D eigenvalue weighted by Crippen LogP contribution is 2.16. The summed E-state index contributed by atoms with van der Waals surface area (Å²) in [6.45, 7) is 0.304. The Morgan fingerprint density at radius 1 is 1.23 bits per heavy atom. The first kappa shape index (κ1) is 19.3. The number of nitrogens with zero attached hydrogens (tertiary/aromatic N) is 2. The van der Waals surface area contributed by atoms with E-state index < -0.39 is 25.0 Å². The molecule has 0 saturated heterocycles. The van der Waals surface area contributed by atoms with E-state index in [0.717, 1.165) is 17.0 Å². The SMILES string of the molecule is Cc1nn(C)c(C)c1/C=C/C(=O)OCC(=O)c1ccc(OC(F)F)cc1. The molecule has 0 amide bonds. The van der Waals surface area contributed by atoms with Crippen LogP contribution >= 0.6 is 0 Å². The Kier molecular flexibility index (Phi) is 6.21. The number of hydrogen-bond donors (Lipinski definition) is 0. The molecule has 1 aromatic heterocycles. The third-order valence-electron chi connectivity index (χ3n) is 3.70. The maximum atomic E-state index is 12.1. The maximum absolute atomic E-state index is 12.1.